The highest BCUT2D eigenvalue weighted by Crippen LogP contribution is 2.31. The number of aliphatic carboxylic acids is 1. The zero-order valence-electron chi connectivity index (χ0n) is 10.9. The Hall–Kier alpha value is -0.440. The molecule has 0 bridgehead atoms. The molecule has 8 heteroatoms. The van der Waals surface area contributed by atoms with E-state index in [-0.39, 0.29) is 17.1 Å². The molecule has 0 saturated carbocycles. The largest absolute Gasteiger partial charge is 0.480 e. The van der Waals surface area contributed by atoms with Crippen LogP contribution in [0.1, 0.15) is 32.3 Å². The van der Waals surface area contributed by atoms with Gasteiger partial charge in [-0.1, -0.05) is 13.8 Å². The van der Waals surface area contributed by atoms with Gasteiger partial charge < -0.3 is 5.11 Å². The van der Waals surface area contributed by atoms with Crippen LogP contribution in [-0.4, -0.2) is 25.0 Å². The number of sulfonamides is 1. The highest BCUT2D eigenvalue weighted by Gasteiger charge is 2.39. The van der Waals surface area contributed by atoms with Gasteiger partial charge in [0.2, 0.25) is 0 Å². The second kappa shape index (κ2) is 5.90. The van der Waals surface area contributed by atoms with Crippen LogP contribution in [0.4, 0.5) is 0 Å². The Morgan fingerprint density at radius 1 is 1.47 bits per heavy atom. The number of hydrogen-bond acceptors (Lipinski definition) is 4. The van der Waals surface area contributed by atoms with Crippen molar-refractivity contribution < 1.29 is 18.3 Å². The van der Waals surface area contributed by atoms with Gasteiger partial charge in [-0.05, 0) is 47.3 Å². The molecule has 1 aromatic rings. The fourth-order valence-corrected chi connectivity index (χ4v) is 5.34. The Kier molecular flexibility index (Phi) is 5.16. The van der Waals surface area contributed by atoms with Crippen molar-refractivity contribution in [3.8, 4) is 0 Å². The van der Waals surface area contributed by atoms with Crippen molar-refractivity contribution in [2.75, 3.05) is 0 Å². The fraction of sp³-hybridized carbons (Fsp3) is 0.545. The van der Waals surface area contributed by atoms with Gasteiger partial charge in [-0.15, -0.1) is 11.3 Å². The first-order chi connectivity index (χ1) is 8.68. The molecule has 0 aromatic carbocycles. The lowest BCUT2D eigenvalue weighted by molar-refractivity contribution is -0.144. The predicted molar refractivity (Wildman–Crippen MR) is 78.0 cm³/mol. The van der Waals surface area contributed by atoms with E-state index in [1.807, 2.05) is 0 Å². The minimum absolute atomic E-state index is 0.115. The third kappa shape index (κ3) is 3.36. The molecular weight excluding hydrogens is 354 g/mol. The maximum Gasteiger partial charge on any atom is 0.324 e. The van der Waals surface area contributed by atoms with Gasteiger partial charge in [0.25, 0.3) is 10.0 Å². The normalized spacial score (nSPS) is 12.6. The van der Waals surface area contributed by atoms with Crippen LogP contribution in [0.25, 0.3) is 0 Å². The average molecular weight is 370 g/mol. The molecule has 0 unspecified atom stereocenters. The van der Waals surface area contributed by atoms with Crippen LogP contribution < -0.4 is 4.72 Å². The van der Waals surface area contributed by atoms with Crippen LogP contribution in [0.5, 0.6) is 0 Å². The highest BCUT2D eigenvalue weighted by molar-refractivity contribution is 9.11. The summed E-state index contributed by atoms with van der Waals surface area (Å²) in [6.07, 6.45) is 0.368. The molecule has 1 rings (SSSR count). The van der Waals surface area contributed by atoms with Crippen LogP contribution in [0.15, 0.2) is 14.1 Å². The predicted octanol–water partition coefficient (Wildman–Crippen LogP) is 2.74. The number of carboxylic acids is 1. The van der Waals surface area contributed by atoms with Crippen molar-refractivity contribution in [2.45, 2.75) is 43.4 Å². The van der Waals surface area contributed by atoms with Gasteiger partial charge in [0.15, 0.2) is 0 Å². The van der Waals surface area contributed by atoms with E-state index in [1.54, 1.807) is 20.8 Å². The second-order valence-corrected chi connectivity index (χ2v) is 8.50. The van der Waals surface area contributed by atoms with Gasteiger partial charge in [0, 0.05) is 0 Å². The van der Waals surface area contributed by atoms with Crippen molar-refractivity contribution in [1.29, 1.82) is 0 Å². The number of halogens is 1. The van der Waals surface area contributed by atoms with Crippen molar-refractivity contribution in [1.82, 2.24) is 4.72 Å². The Bertz CT molecular complexity index is 556. The quantitative estimate of drug-likeness (QED) is 0.807. The molecule has 0 saturated heterocycles. The SMILES string of the molecule is CCC(CC)(NS(=O)(=O)c1cc(C)c(Br)s1)C(=O)O. The first-order valence-corrected chi connectivity index (χ1v) is 8.81. The summed E-state index contributed by atoms with van der Waals surface area (Å²) in [6.45, 7) is 5.08. The summed E-state index contributed by atoms with van der Waals surface area (Å²) in [5.41, 5.74) is -0.650. The van der Waals surface area contributed by atoms with Crippen LogP contribution in [-0.2, 0) is 14.8 Å². The van der Waals surface area contributed by atoms with E-state index in [0.29, 0.717) is 0 Å². The number of aryl methyl sites for hydroxylation is 1. The number of thiophene rings is 1. The molecule has 19 heavy (non-hydrogen) atoms. The first-order valence-electron chi connectivity index (χ1n) is 5.72. The maximum atomic E-state index is 12.3. The average Bonchev–Trinajstić information content (AvgIpc) is 2.67. The van der Waals surface area contributed by atoms with E-state index in [0.717, 1.165) is 20.7 Å². The van der Waals surface area contributed by atoms with Gasteiger partial charge in [-0.3, -0.25) is 4.79 Å². The van der Waals surface area contributed by atoms with Crippen LogP contribution in [0, 0.1) is 6.92 Å². The summed E-state index contributed by atoms with van der Waals surface area (Å²) in [7, 11) is -3.83. The summed E-state index contributed by atoms with van der Waals surface area (Å²) >= 11 is 4.33. The molecule has 0 fully saturated rings. The minimum atomic E-state index is -3.83. The summed E-state index contributed by atoms with van der Waals surface area (Å²) in [4.78, 5) is 11.3. The Labute approximate surface area is 125 Å². The van der Waals surface area contributed by atoms with Gasteiger partial charge in [0.1, 0.15) is 9.75 Å². The number of rotatable bonds is 6. The molecule has 1 aromatic heterocycles. The van der Waals surface area contributed by atoms with Crippen molar-refractivity contribution in [3.05, 3.63) is 15.4 Å². The zero-order chi connectivity index (χ0) is 14.8. The van der Waals surface area contributed by atoms with Crippen LogP contribution in [0.2, 0.25) is 0 Å². The molecule has 0 aliphatic carbocycles. The Balaban J connectivity index is 3.18. The van der Waals surface area contributed by atoms with Gasteiger partial charge in [-0.25, -0.2) is 8.42 Å². The van der Waals surface area contributed by atoms with E-state index < -0.39 is 21.5 Å². The van der Waals surface area contributed by atoms with Crippen LogP contribution in [0.3, 0.4) is 0 Å². The standard InChI is InChI=1S/C11H16BrNO4S2/c1-4-11(5-2,10(14)15)13-19(16,17)8-6-7(3)9(12)18-8/h6,13H,4-5H2,1-3H3,(H,14,15). The molecule has 2 N–H and O–H groups in total. The van der Waals surface area contributed by atoms with E-state index in [4.69, 9.17) is 0 Å². The second-order valence-electron chi connectivity index (χ2n) is 4.22. The highest BCUT2D eigenvalue weighted by atomic mass is 79.9. The van der Waals surface area contributed by atoms with Crippen molar-refractivity contribution in [2.24, 2.45) is 0 Å². The monoisotopic (exact) mass is 369 g/mol. The molecule has 0 aliphatic heterocycles. The van der Waals surface area contributed by atoms with Crippen molar-refractivity contribution >= 4 is 43.3 Å². The molecule has 0 radical (unpaired) electrons. The number of hydrogen-bond donors (Lipinski definition) is 2. The summed E-state index contributed by atoms with van der Waals surface area (Å²) < 4.78 is 27.7. The maximum absolute atomic E-state index is 12.3. The molecule has 0 aliphatic rings. The molecule has 0 atom stereocenters. The van der Waals surface area contributed by atoms with E-state index >= 15 is 0 Å². The molecule has 0 amide bonds. The van der Waals surface area contributed by atoms with Gasteiger partial charge in [-0.2, -0.15) is 4.72 Å². The molecule has 1 heterocycles. The zero-order valence-corrected chi connectivity index (χ0v) is 14.1. The Morgan fingerprint density at radius 3 is 2.32 bits per heavy atom. The molecule has 5 nitrogen and oxygen atoms in total. The van der Waals surface area contributed by atoms with E-state index in [9.17, 15) is 18.3 Å². The lowest BCUT2D eigenvalue weighted by Crippen LogP contribution is -2.53. The summed E-state index contributed by atoms with van der Waals surface area (Å²) in [6, 6.07) is 1.52. The number of carboxylic acid groups (broad SMARTS) is 1. The lowest BCUT2D eigenvalue weighted by atomic mass is 9.95. The third-order valence-electron chi connectivity index (χ3n) is 3.05. The van der Waals surface area contributed by atoms with Crippen molar-refractivity contribution in [3.63, 3.8) is 0 Å². The lowest BCUT2D eigenvalue weighted by Gasteiger charge is -2.27. The molecule has 0 spiro atoms. The smallest absolute Gasteiger partial charge is 0.324 e. The minimum Gasteiger partial charge on any atom is -0.480 e. The van der Waals surface area contributed by atoms with Crippen LogP contribution >= 0.6 is 27.3 Å². The topological polar surface area (TPSA) is 83.5 Å². The summed E-state index contributed by atoms with van der Waals surface area (Å²) in [5.74, 6) is -1.16. The van der Waals surface area contributed by atoms with E-state index in [2.05, 4.69) is 20.7 Å². The number of nitrogens with one attached hydrogen (secondary N) is 1. The fourth-order valence-electron chi connectivity index (χ4n) is 1.61. The Morgan fingerprint density at radius 2 is 2.00 bits per heavy atom. The first kappa shape index (κ1) is 16.6. The van der Waals surface area contributed by atoms with Gasteiger partial charge >= 0.3 is 5.97 Å². The third-order valence-corrected chi connectivity index (χ3v) is 7.19. The molecular formula is C11H16BrNO4S2. The van der Waals surface area contributed by atoms with Gasteiger partial charge in [0.05, 0.1) is 3.79 Å². The number of carbonyl (C=O) groups is 1. The summed E-state index contributed by atoms with van der Waals surface area (Å²) in [5, 5.41) is 9.26. The van der Waals surface area contributed by atoms with E-state index in [1.165, 1.54) is 6.07 Å². The molecule has 108 valence electrons.